The number of halogens is 3. The van der Waals surface area contributed by atoms with E-state index in [1.165, 1.54) is 0 Å². The van der Waals surface area contributed by atoms with Gasteiger partial charge in [-0.2, -0.15) is 13.2 Å². The number of nitrogens with one attached hydrogen (secondary N) is 1. The Labute approximate surface area is 148 Å². The van der Waals surface area contributed by atoms with Crippen molar-refractivity contribution in [2.45, 2.75) is 32.5 Å². The van der Waals surface area contributed by atoms with Gasteiger partial charge in [0.25, 0.3) is 0 Å². The summed E-state index contributed by atoms with van der Waals surface area (Å²) in [6.07, 6.45) is -4.69. The number of hydrogen-bond acceptors (Lipinski definition) is 3. The van der Waals surface area contributed by atoms with Crippen LogP contribution in [0.5, 0.6) is 5.75 Å². The summed E-state index contributed by atoms with van der Waals surface area (Å²) in [6.45, 7) is 4.24. The highest BCUT2D eigenvalue weighted by Gasteiger charge is 2.53. The Bertz CT molecular complexity index is 685. The van der Waals surface area contributed by atoms with Crippen molar-refractivity contribution in [1.82, 2.24) is 4.90 Å². The van der Waals surface area contributed by atoms with Gasteiger partial charge < -0.3 is 20.1 Å². The number of carboxylic acid groups (broad SMARTS) is 1. The first-order valence-electron chi connectivity index (χ1n) is 8.02. The number of para-hydroxylation sites is 2. The highest BCUT2D eigenvalue weighted by Crippen LogP contribution is 2.38. The van der Waals surface area contributed by atoms with Crippen LogP contribution in [0.4, 0.5) is 23.7 Å². The van der Waals surface area contributed by atoms with Crippen LogP contribution in [0.2, 0.25) is 0 Å². The van der Waals surface area contributed by atoms with E-state index in [1.807, 2.05) is 20.8 Å². The zero-order valence-corrected chi connectivity index (χ0v) is 14.6. The molecule has 1 aliphatic heterocycles. The topological polar surface area (TPSA) is 78.9 Å². The average Bonchev–Trinajstić information content (AvgIpc) is 2.93. The van der Waals surface area contributed by atoms with E-state index < -0.39 is 48.7 Å². The minimum atomic E-state index is -4.69. The number of carbonyl (C=O) groups excluding carboxylic acids is 1. The molecule has 0 aliphatic carbocycles. The number of carboxylic acids is 1. The van der Waals surface area contributed by atoms with Gasteiger partial charge in [-0.05, 0) is 32.9 Å². The van der Waals surface area contributed by atoms with Gasteiger partial charge in [0.05, 0.1) is 17.5 Å². The SMILES string of the molecule is CC(C)(C)Oc1ccccc1NC(=O)N1C[C@@H](C(F)(F)F)[C@H](C(=O)O)C1. The molecule has 1 fully saturated rings. The highest BCUT2D eigenvalue weighted by molar-refractivity contribution is 5.91. The van der Waals surface area contributed by atoms with Crippen LogP contribution in [0.15, 0.2) is 24.3 Å². The van der Waals surface area contributed by atoms with E-state index >= 15 is 0 Å². The molecule has 1 aromatic rings. The fraction of sp³-hybridized carbons (Fsp3) is 0.529. The largest absolute Gasteiger partial charge is 0.486 e. The summed E-state index contributed by atoms with van der Waals surface area (Å²) in [5.41, 5.74) is -0.237. The maximum absolute atomic E-state index is 13.0. The van der Waals surface area contributed by atoms with Gasteiger partial charge in [-0.15, -0.1) is 0 Å². The average molecular weight is 374 g/mol. The van der Waals surface area contributed by atoms with Crippen LogP contribution in [0.25, 0.3) is 0 Å². The van der Waals surface area contributed by atoms with E-state index in [0.717, 1.165) is 4.90 Å². The molecule has 0 aromatic heterocycles. The number of aliphatic carboxylic acids is 1. The van der Waals surface area contributed by atoms with E-state index in [9.17, 15) is 22.8 Å². The first-order valence-corrected chi connectivity index (χ1v) is 8.02. The molecule has 2 rings (SSSR count). The summed E-state index contributed by atoms with van der Waals surface area (Å²) < 4.78 is 44.9. The minimum Gasteiger partial charge on any atom is -0.486 e. The van der Waals surface area contributed by atoms with Crippen molar-refractivity contribution in [3.8, 4) is 5.75 Å². The Morgan fingerprint density at radius 3 is 2.31 bits per heavy atom. The third-order valence-corrected chi connectivity index (χ3v) is 3.89. The highest BCUT2D eigenvalue weighted by atomic mass is 19.4. The molecule has 9 heteroatoms. The lowest BCUT2D eigenvalue weighted by Gasteiger charge is -2.24. The van der Waals surface area contributed by atoms with E-state index in [4.69, 9.17) is 9.84 Å². The van der Waals surface area contributed by atoms with Crippen LogP contribution in [-0.2, 0) is 4.79 Å². The quantitative estimate of drug-likeness (QED) is 0.848. The molecule has 1 heterocycles. The number of alkyl halides is 3. The summed E-state index contributed by atoms with van der Waals surface area (Å²) in [6, 6.07) is 5.74. The van der Waals surface area contributed by atoms with Gasteiger partial charge in [0, 0.05) is 13.1 Å². The Kier molecular flexibility index (Phi) is 5.39. The second-order valence-electron chi connectivity index (χ2n) is 7.14. The van der Waals surface area contributed by atoms with Crippen LogP contribution in [0.1, 0.15) is 20.8 Å². The third kappa shape index (κ3) is 4.80. The molecule has 144 valence electrons. The molecule has 2 N–H and O–H groups in total. The molecule has 26 heavy (non-hydrogen) atoms. The number of carbonyl (C=O) groups is 2. The number of benzene rings is 1. The Morgan fingerprint density at radius 1 is 1.19 bits per heavy atom. The van der Waals surface area contributed by atoms with Crippen molar-refractivity contribution in [2.24, 2.45) is 11.8 Å². The molecular formula is C17H21F3N2O4. The fourth-order valence-electron chi connectivity index (χ4n) is 2.73. The monoisotopic (exact) mass is 374 g/mol. The lowest BCUT2D eigenvalue weighted by molar-refractivity contribution is -0.187. The van der Waals surface area contributed by atoms with Crippen molar-refractivity contribution >= 4 is 17.7 Å². The van der Waals surface area contributed by atoms with Gasteiger partial charge in [0.1, 0.15) is 11.4 Å². The van der Waals surface area contributed by atoms with Crippen LogP contribution in [-0.4, -0.2) is 46.9 Å². The molecule has 0 bridgehead atoms. The van der Waals surface area contributed by atoms with Crippen molar-refractivity contribution < 1.29 is 32.6 Å². The third-order valence-electron chi connectivity index (χ3n) is 3.89. The van der Waals surface area contributed by atoms with Gasteiger partial charge in [0.2, 0.25) is 0 Å². The second kappa shape index (κ2) is 7.05. The smallest absolute Gasteiger partial charge is 0.394 e. The van der Waals surface area contributed by atoms with Crippen LogP contribution >= 0.6 is 0 Å². The lowest BCUT2D eigenvalue weighted by Crippen LogP contribution is -2.35. The molecule has 0 saturated carbocycles. The standard InChI is InChI=1S/C17H21F3N2O4/c1-16(2,3)26-13-7-5-4-6-12(13)21-15(25)22-8-10(14(23)24)11(9-22)17(18,19)20/h4-7,10-11H,8-9H2,1-3H3,(H,21,25)(H,23,24)/t10-,11-/m1/s1. The zero-order chi connectivity index (χ0) is 19.7. The number of nitrogens with zero attached hydrogens (tertiary/aromatic N) is 1. The van der Waals surface area contributed by atoms with Gasteiger partial charge in [0.15, 0.2) is 0 Å². The van der Waals surface area contributed by atoms with Crippen molar-refractivity contribution in [1.29, 1.82) is 0 Å². The molecule has 6 nitrogen and oxygen atoms in total. The van der Waals surface area contributed by atoms with Gasteiger partial charge >= 0.3 is 18.2 Å². The predicted molar refractivity (Wildman–Crippen MR) is 88.1 cm³/mol. The van der Waals surface area contributed by atoms with Crippen LogP contribution in [0, 0.1) is 11.8 Å². The predicted octanol–water partition coefficient (Wildman–Crippen LogP) is 3.59. The maximum Gasteiger partial charge on any atom is 0.394 e. The number of hydrogen-bond donors (Lipinski definition) is 2. The fourth-order valence-corrected chi connectivity index (χ4v) is 2.73. The number of amides is 2. The van der Waals surface area contributed by atoms with E-state index in [1.54, 1.807) is 24.3 Å². The molecule has 1 saturated heterocycles. The van der Waals surface area contributed by atoms with Gasteiger partial charge in [-0.25, -0.2) is 4.79 Å². The molecule has 0 spiro atoms. The summed E-state index contributed by atoms with van der Waals surface area (Å²) in [5.74, 6) is -4.97. The first kappa shape index (κ1) is 19.9. The summed E-state index contributed by atoms with van der Waals surface area (Å²) >= 11 is 0. The molecular weight excluding hydrogens is 353 g/mol. The number of ether oxygens (including phenoxy) is 1. The van der Waals surface area contributed by atoms with Crippen molar-refractivity contribution in [3.05, 3.63) is 24.3 Å². The number of rotatable bonds is 3. The van der Waals surface area contributed by atoms with E-state index in [-0.39, 0.29) is 0 Å². The first-order chi connectivity index (χ1) is 11.9. The summed E-state index contributed by atoms with van der Waals surface area (Å²) in [5, 5.41) is 11.5. The molecule has 1 aliphatic rings. The lowest BCUT2D eigenvalue weighted by atomic mass is 9.96. The second-order valence-corrected chi connectivity index (χ2v) is 7.14. The van der Waals surface area contributed by atoms with E-state index in [2.05, 4.69) is 5.32 Å². The Hall–Kier alpha value is -2.45. The number of urea groups is 1. The minimum absolute atomic E-state index is 0.301. The number of anilines is 1. The molecule has 2 amide bonds. The Morgan fingerprint density at radius 2 is 1.81 bits per heavy atom. The molecule has 0 unspecified atom stereocenters. The molecule has 0 radical (unpaired) electrons. The van der Waals surface area contributed by atoms with Crippen LogP contribution < -0.4 is 10.1 Å². The van der Waals surface area contributed by atoms with Gasteiger partial charge in [-0.3, -0.25) is 4.79 Å². The Balaban J connectivity index is 2.15. The van der Waals surface area contributed by atoms with Crippen LogP contribution in [0.3, 0.4) is 0 Å². The van der Waals surface area contributed by atoms with Gasteiger partial charge in [-0.1, -0.05) is 12.1 Å². The van der Waals surface area contributed by atoms with Crippen molar-refractivity contribution in [2.75, 3.05) is 18.4 Å². The van der Waals surface area contributed by atoms with Crippen molar-refractivity contribution in [3.63, 3.8) is 0 Å². The summed E-state index contributed by atoms with van der Waals surface area (Å²) in [7, 11) is 0. The maximum atomic E-state index is 13.0. The molecule has 2 atom stereocenters. The number of likely N-dealkylation sites (tertiary alicyclic amines) is 1. The normalized spacial score (nSPS) is 20.8. The molecule has 1 aromatic carbocycles. The zero-order valence-electron chi connectivity index (χ0n) is 14.6. The summed E-state index contributed by atoms with van der Waals surface area (Å²) in [4.78, 5) is 24.4. The van der Waals surface area contributed by atoms with E-state index in [0.29, 0.717) is 11.4 Å².